The summed E-state index contributed by atoms with van der Waals surface area (Å²) in [5, 5.41) is 12.4. The Morgan fingerprint density at radius 1 is 1.42 bits per heavy atom. The molecule has 1 fully saturated rings. The molecule has 0 atom stereocenters. The maximum absolute atomic E-state index is 11.8. The molecule has 1 amide bonds. The summed E-state index contributed by atoms with van der Waals surface area (Å²) >= 11 is 6.28. The molecule has 1 heterocycles. The van der Waals surface area contributed by atoms with Gasteiger partial charge in [0.25, 0.3) is 0 Å². The van der Waals surface area contributed by atoms with E-state index in [9.17, 15) is 4.79 Å². The van der Waals surface area contributed by atoms with Crippen molar-refractivity contribution in [3.8, 4) is 6.07 Å². The first-order chi connectivity index (χ1) is 11.2. The predicted octanol–water partition coefficient (Wildman–Crippen LogP) is 3.29. The molecule has 3 N–H and O–H groups in total. The van der Waals surface area contributed by atoms with E-state index in [4.69, 9.17) is 27.3 Å². The zero-order valence-electron chi connectivity index (χ0n) is 14.2. The standard InChI is InChI=1S/C17H23ClN4O2/c1-17(2,3)24-16(23)21-12-4-6-22(7-5-12)14-9-11(10-19)8-13(20)15(14)18/h8-9,12H,4-7,20H2,1-3H3,(H,21,23). The Morgan fingerprint density at radius 3 is 2.58 bits per heavy atom. The number of anilines is 2. The van der Waals surface area contributed by atoms with Gasteiger partial charge in [0.2, 0.25) is 0 Å². The molecule has 0 bridgehead atoms. The van der Waals surface area contributed by atoms with Crippen LogP contribution in [-0.2, 0) is 4.74 Å². The number of rotatable bonds is 2. The molecule has 6 nitrogen and oxygen atoms in total. The lowest BCUT2D eigenvalue weighted by atomic mass is 10.0. The minimum Gasteiger partial charge on any atom is -0.444 e. The van der Waals surface area contributed by atoms with Crippen molar-refractivity contribution in [1.29, 1.82) is 5.26 Å². The van der Waals surface area contributed by atoms with Crippen molar-refractivity contribution in [2.24, 2.45) is 0 Å². The largest absolute Gasteiger partial charge is 0.444 e. The number of ether oxygens (including phenoxy) is 1. The van der Waals surface area contributed by atoms with Crippen molar-refractivity contribution in [2.75, 3.05) is 23.7 Å². The molecule has 1 saturated heterocycles. The van der Waals surface area contributed by atoms with Gasteiger partial charge in [-0.3, -0.25) is 0 Å². The fourth-order valence-corrected chi connectivity index (χ4v) is 2.89. The minimum absolute atomic E-state index is 0.0615. The average molecular weight is 351 g/mol. The fraction of sp³-hybridized carbons (Fsp3) is 0.529. The van der Waals surface area contributed by atoms with Crippen molar-refractivity contribution in [2.45, 2.75) is 45.3 Å². The Hall–Kier alpha value is -2.13. The van der Waals surface area contributed by atoms with Crippen LogP contribution >= 0.6 is 11.6 Å². The Balaban J connectivity index is 1.97. The molecular weight excluding hydrogens is 328 g/mol. The number of nitrogen functional groups attached to an aromatic ring is 1. The van der Waals surface area contributed by atoms with Gasteiger partial charge in [-0.1, -0.05) is 11.6 Å². The number of hydrogen-bond acceptors (Lipinski definition) is 5. The number of nitrogens with zero attached hydrogens (tertiary/aromatic N) is 2. The van der Waals surface area contributed by atoms with Crippen molar-refractivity contribution in [3.05, 3.63) is 22.7 Å². The lowest BCUT2D eigenvalue weighted by molar-refractivity contribution is 0.0497. The van der Waals surface area contributed by atoms with Gasteiger partial charge in [0.15, 0.2) is 0 Å². The lowest BCUT2D eigenvalue weighted by Crippen LogP contribution is -2.46. The number of nitrogens with two attached hydrogens (primary N) is 1. The molecule has 0 aliphatic carbocycles. The molecule has 24 heavy (non-hydrogen) atoms. The van der Waals surface area contributed by atoms with Crippen LogP contribution in [0.3, 0.4) is 0 Å². The molecule has 1 aromatic rings. The van der Waals surface area contributed by atoms with Gasteiger partial charge in [0.1, 0.15) is 5.60 Å². The van der Waals surface area contributed by atoms with E-state index < -0.39 is 11.7 Å². The van der Waals surface area contributed by atoms with Crippen LogP contribution in [0.5, 0.6) is 0 Å². The number of alkyl carbamates (subject to hydrolysis) is 1. The highest BCUT2D eigenvalue weighted by Crippen LogP contribution is 2.34. The minimum atomic E-state index is -0.506. The normalized spacial score (nSPS) is 15.7. The van der Waals surface area contributed by atoms with E-state index in [0.29, 0.717) is 29.4 Å². The lowest BCUT2D eigenvalue weighted by Gasteiger charge is -2.35. The highest BCUT2D eigenvalue weighted by atomic mass is 35.5. The van der Waals surface area contributed by atoms with Crippen LogP contribution in [0.4, 0.5) is 16.2 Å². The van der Waals surface area contributed by atoms with Crippen LogP contribution in [0.1, 0.15) is 39.2 Å². The third-order valence-electron chi connectivity index (χ3n) is 3.77. The Morgan fingerprint density at radius 2 is 2.04 bits per heavy atom. The number of piperidine rings is 1. The van der Waals surface area contributed by atoms with Crippen molar-refractivity contribution < 1.29 is 9.53 Å². The number of nitriles is 1. The number of carbonyl (C=O) groups excluding carboxylic acids is 1. The summed E-state index contributed by atoms with van der Waals surface area (Å²) in [6, 6.07) is 5.48. The number of hydrogen-bond donors (Lipinski definition) is 2. The molecular formula is C17H23ClN4O2. The molecule has 2 rings (SSSR count). The third kappa shape index (κ3) is 4.68. The topological polar surface area (TPSA) is 91.4 Å². The summed E-state index contributed by atoms with van der Waals surface area (Å²) in [5.41, 5.74) is 7.02. The summed E-state index contributed by atoms with van der Waals surface area (Å²) in [5.74, 6) is 0. The van der Waals surface area contributed by atoms with E-state index in [1.807, 2.05) is 20.8 Å². The SMILES string of the molecule is CC(C)(C)OC(=O)NC1CCN(c2cc(C#N)cc(N)c2Cl)CC1. The van der Waals surface area contributed by atoms with Crippen LogP contribution in [-0.4, -0.2) is 30.8 Å². The van der Waals surface area contributed by atoms with Crippen molar-refractivity contribution in [3.63, 3.8) is 0 Å². The predicted molar refractivity (Wildman–Crippen MR) is 95.2 cm³/mol. The second kappa shape index (κ2) is 7.18. The van der Waals surface area contributed by atoms with Gasteiger partial charge in [0, 0.05) is 19.1 Å². The molecule has 0 radical (unpaired) electrons. The van der Waals surface area contributed by atoms with Gasteiger partial charge in [-0.05, 0) is 45.7 Å². The zero-order chi connectivity index (χ0) is 17.9. The zero-order valence-corrected chi connectivity index (χ0v) is 15.0. The monoisotopic (exact) mass is 350 g/mol. The number of carbonyl (C=O) groups is 1. The Bertz CT molecular complexity index is 656. The maximum atomic E-state index is 11.8. The molecule has 1 aromatic carbocycles. The second-order valence-corrected chi connectivity index (χ2v) is 7.30. The van der Waals surface area contributed by atoms with Gasteiger partial charge in [-0.15, -0.1) is 0 Å². The quantitative estimate of drug-likeness (QED) is 0.798. The molecule has 130 valence electrons. The van der Waals surface area contributed by atoms with E-state index >= 15 is 0 Å². The highest BCUT2D eigenvalue weighted by Gasteiger charge is 2.25. The van der Waals surface area contributed by atoms with Crippen LogP contribution in [0.25, 0.3) is 0 Å². The first kappa shape index (κ1) is 18.2. The van der Waals surface area contributed by atoms with Gasteiger partial charge in [-0.25, -0.2) is 4.79 Å². The Labute approximate surface area is 147 Å². The van der Waals surface area contributed by atoms with E-state index in [-0.39, 0.29) is 6.04 Å². The Kier molecular flexibility index (Phi) is 5.45. The summed E-state index contributed by atoms with van der Waals surface area (Å²) in [6.07, 6.45) is 1.15. The van der Waals surface area contributed by atoms with Gasteiger partial charge in [-0.2, -0.15) is 5.26 Å². The van der Waals surface area contributed by atoms with Crippen LogP contribution in [0, 0.1) is 11.3 Å². The number of nitrogens with one attached hydrogen (secondary N) is 1. The maximum Gasteiger partial charge on any atom is 0.407 e. The first-order valence-corrected chi connectivity index (χ1v) is 8.31. The fourth-order valence-electron chi connectivity index (χ4n) is 2.66. The second-order valence-electron chi connectivity index (χ2n) is 6.92. The summed E-state index contributed by atoms with van der Waals surface area (Å²) < 4.78 is 5.28. The molecule has 1 aliphatic rings. The van der Waals surface area contributed by atoms with Gasteiger partial charge >= 0.3 is 6.09 Å². The number of halogens is 1. The number of benzene rings is 1. The highest BCUT2D eigenvalue weighted by molar-refractivity contribution is 6.35. The molecule has 0 saturated carbocycles. The summed E-state index contributed by atoms with van der Waals surface area (Å²) in [6.45, 7) is 6.94. The van der Waals surface area contributed by atoms with Crippen molar-refractivity contribution in [1.82, 2.24) is 5.32 Å². The van der Waals surface area contributed by atoms with Crippen molar-refractivity contribution >= 4 is 29.1 Å². The van der Waals surface area contributed by atoms with Gasteiger partial charge in [0.05, 0.1) is 28.0 Å². The number of amides is 1. The molecule has 0 unspecified atom stereocenters. The van der Waals surface area contributed by atoms with E-state index in [1.165, 1.54) is 0 Å². The van der Waals surface area contributed by atoms with Crippen LogP contribution in [0.15, 0.2) is 12.1 Å². The third-order valence-corrected chi connectivity index (χ3v) is 4.18. The van der Waals surface area contributed by atoms with Gasteiger partial charge < -0.3 is 20.7 Å². The van der Waals surface area contributed by atoms with E-state index in [1.54, 1.807) is 12.1 Å². The summed E-state index contributed by atoms with van der Waals surface area (Å²) in [7, 11) is 0. The molecule has 7 heteroatoms. The molecule has 0 spiro atoms. The summed E-state index contributed by atoms with van der Waals surface area (Å²) in [4.78, 5) is 13.9. The molecule has 1 aliphatic heterocycles. The average Bonchev–Trinajstić information content (AvgIpc) is 2.49. The molecule has 0 aromatic heterocycles. The van der Waals surface area contributed by atoms with Crippen LogP contribution < -0.4 is 16.0 Å². The van der Waals surface area contributed by atoms with E-state index in [0.717, 1.165) is 18.5 Å². The first-order valence-electron chi connectivity index (χ1n) is 7.93. The van der Waals surface area contributed by atoms with E-state index in [2.05, 4.69) is 16.3 Å². The smallest absolute Gasteiger partial charge is 0.407 e. The van der Waals surface area contributed by atoms with Crippen LogP contribution in [0.2, 0.25) is 5.02 Å².